The number of rotatable bonds is 10. The Morgan fingerprint density at radius 2 is 2.00 bits per heavy atom. The van der Waals surface area contributed by atoms with Crippen LogP contribution in [0.3, 0.4) is 0 Å². The summed E-state index contributed by atoms with van der Waals surface area (Å²) in [4.78, 5) is 2.30. The van der Waals surface area contributed by atoms with Crippen molar-refractivity contribution in [3.63, 3.8) is 0 Å². The van der Waals surface area contributed by atoms with Crippen LogP contribution in [-0.2, 0) is 0 Å². The van der Waals surface area contributed by atoms with Crippen molar-refractivity contribution >= 4 is 0 Å². The summed E-state index contributed by atoms with van der Waals surface area (Å²) in [6, 6.07) is 6.52. The third kappa shape index (κ3) is 6.76. The van der Waals surface area contributed by atoms with Crippen LogP contribution >= 0.6 is 0 Å². The lowest BCUT2D eigenvalue weighted by molar-refractivity contribution is 0.134. The van der Waals surface area contributed by atoms with Gasteiger partial charge >= 0.3 is 0 Å². The molecule has 0 saturated heterocycles. The second kappa shape index (κ2) is 10.9. The molecule has 0 aromatic heterocycles. The van der Waals surface area contributed by atoms with Crippen molar-refractivity contribution in [3.05, 3.63) is 77.3 Å². The minimum atomic E-state index is -0.724. The normalized spacial score (nSPS) is 15.8. The molecule has 0 heterocycles. The van der Waals surface area contributed by atoms with Crippen molar-refractivity contribution in [3.8, 4) is 0 Å². The fraction of sp³-hybridized carbons (Fsp3) is 0.435. The van der Waals surface area contributed by atoms with Gasteiger partial charge in [-0.2, -0.15) is 0 Å². The first-order valence-corrected chi connectivity index (χ1v) is 9.50. The van der Waals surface area contributed by atoms with E-state index in [0.717, 1.165) is 32.4 Å². The van der Waals surface area contributed by atoms with Gasteiger partial charge < -0.3 is 10.0 Å². The zero-order valence-corrected chi connectivity index (χ0v) is 15.9. The molecule has 0 saturated carbocycles. The molecule has 1 aliphatic carbocycles. The van der Waals surface area contributed by atoms with E-state index in [1.807, 2.05) is 24.3 Å². The standard InChI is InChI=1S/C23H30FNO/c1-3-19(17-23(26)21-14-8-9-15-22(21)24)13-10-16-25(2)18-20-11-6-4-5-7-12-20/h4-9,11,14-15,19,23,26H,3,10,13,16-18H2,1-2H3. The molecule has 1 aromatic carbocycles. The number of halogens is 1. The van der Waals surface area contributed by atoms with Crippen molar-refractivity contribution in [1.29, 1.82) is 0 Å². The number of aliphatic hydroxyl groups excluding tert-OH is 1. The Morgan fingerprint density at radius 3 is 2.77 bits per heavy atom. The molecule has 0 radical (unpaired) electrons. The van der Waals surface area contributed by atoms with Gasteiger partial charge in [0.2, 0.25) is 0 Å². The van der Waals surface area contributed by atoms with Crippen LogP contribution in [0, 0.1) is 11.7 Å². The third-order valence-electron chi connectivity index (χ3n) is 4.88. The molecule has 3 heteroatoms. The molecular weight excluding hydrogens is 325 g/mol. The first-order chi connectivity index (χ1) is 12.6. The zero-order chi connectivity index (χ0) is 18.8. The van der Waals surface area contributed by atoms with Crippen LogP contribution in [0.4, 0.5) is 4.39 Å². The van der Waals surface area contributed by atoms with E-state index in [9.17, 15) is 9.50 Å². The molecular formula is C23H30FNO. The van der Waals surface area contributed by atoms with Gasteiger partial charge in [0.05, 0.1) is 6.10 Å². The maximum absolute atomic E-state index is 13.8. The highest BCUT2D eigenvalue weighted by molar-refractivity contribution is 5.28. The highest BCUT2D eigenvalue weighted by Gasteiger charge is 2.17. The molecule has 0 amide bonds. The second-order valence-corrected chi connectivity index (χ2v) is 7.01. The van der Waals surface area contributed by atoms with E-state index in [4.69, 9.17) is 0 Å². The van der Waals surface area contributed by atoms with Crippen LogP contribution in [0.2, 0.25) is 0 Å². The van der Waals surface area contributed by atoms with Crippen LogP contribution in [-0.4, -0.2) is 30.1 Å². The van der Waals surface area contributed by atoms with Crippen molar-refractivity contribution < 1.29 is 9.50 Å². The molecule has 2 unspecified atom stereocenters. The van der Waals surface area contributed by atoms with Crippen LogP contribution in [0.5, 0.6) is 0 Å². The monoisotopic (exact) mass is 355 g/mol. The summed E-state index contributed by atoms with van der Waals surface area (Å²) < 4.78 is 13.8. The Bertz CT molecular complexity index is 685. The van der Waals surface area contributed by atoms with Gasteiger partial charge in [-0.05, 0) is 57.0 Å². The lowest BCUT2D eigenvalue weighted by Crippen LogP contribution is -2.22. The van der Waals surface area contributed by atoms with Gasteiger partial charge in [0, 0.05) is 17.7 Å². The second-order valence-electron chi connectivity index (χ2n) is 7.01. The maximum atomic E-state index is 13.8. The summed E-state index contributed by atoms with van der Waals surface area (Å²) in [5.74, 6) is 0.0842. The first kappa shape index (κ1) is 20.4. The van der Waals surface area contributed by atoms with Gasteiger partial charge in [-0.1, -0.05) is 49.8 Å². The van der Waals surface area contributed by atoms with Crippen LogP contribution < -0.4 is 0 Å². The number of nitrogens with zero attached hydrogens (tertiary/aromatic N) is 1. The highest BCUT2D eigenvalue weighted by Crippen LogP contribution is 2.27. The molecule has 0 spiro atoms. The van der Waals surface area contributed by atoms with Gasteiger partial charge in [0.25, 0.3) is 0 Å². The lowest BCUT2D eigenvalue weighted by Gasteiger charge is -2.21. The number of benzene rings is 1. The van der Waals surface area contributed by atoms with Gasteiger partial charge in [-0.3, -0.25) is 0 Å². The average molecular weight is 355 g/mol. The van der Waals surface area contributed by atoms with E-state index in [1.165, 1.54) is 11.6 Å². The minimum absolute atomic E-state index is 0.318. The zero-order valence-electron chi connectivity index (χ0n) is 15.9. The van der Waals surface area contributed by atoms with Gasteiger partial charge in [-0.25, -0.2) is 4.39 Å². The van der Waals surface area contributed by atoms with Crippen LogP contribution in [0.15, 0.2) is 65.9 Å². The summed E-state index contributed by atoms with van der Waals surface area (Å²) in [6.07, 6.45) is 13.1. The Labute approximate surface area is 157 Å². The summed E-state index contributed by atoms with van der Waals surface area (Å²) in [6.45, 7) is 4.02. The predicted octanol–water partition coefficient (Wildman–Crippen LogP) is 5.19. The molecule has 1 N–H and O–H groups in total. The Kier molecular flexibility index (Phi) is 8.57. The number of aliphatic hydroxyl groups is 1. The maximum Gasteiger partial charge on any atom is 0.128 e. The minimum Gasteiger partial charge on any atom is -0.388 e. The van der Waals surface area contributed by atoms with Crippen molar-refractivity contribution in [2.75, 3.05) is 20.1 Å². The summed E-state index contributed by atoms with van der Waals surface area (Å²) in [5, 5.41) is 10.4. The quantitative estimate of drug-likeness (QED) is 0.584. The number of allylic oxidation sites excluding steroid dienone is 3. The van der Waals surface area contributed by atoms with E-state index >= 15 is 0 Å². The van der Waals surface area contributed by atoms with Crippen LogP contribution in [0.1, 0.15) is 44.3 Å². The Balaban J connectivity index is 1.76. The highest BCUT2D eigenvalue weighted by atomic mass is 19.1. The van der Waals surface area contributed by atoms with Gasteiger partial charge in [0.1, 0.15) is 5.82 Å². The molecule has 1 aliphatic rings. The molecule has 26 heavy (non-hydrogen) atoms. The van der Waals surface area contributed by atoms with E-state index in [2.05, 4.69) is 30.7 Å². The molecule has 0 aliphatic heterocycles. The third-order valence-corrected chi connectivity index (χ3v) is 4.88. The van der Waals surface area contributed by atoms with Crippen molar-refractivity contribution in [2.24, 2.45) is 5.92 Å². The van der Waals surface area contributed by atoms with Gasteiger partial charge in [-0.15, -0.1) is 5.73 Å². The molecule has 1 aromatic rings. The predicted molar refractivity (Wildman–Crippen MR) is 106 cm³/mol. The van der Waals surface area contributed by atoms with E-state index in [0.29, 0.717) is 17.9 Å². The Morgan fingerprint density at radius 1 is 1.19 bits per heavy atom. The number of hydrogen-bond donors (Lipinski definition) is 1. The lowest BCUT2D eigenvalue weighted by atomic mass is 9.91. The smallest absolute Gasteiger partial charge is 0.128 e. The average Bonchev–Trinajstić information content (AvgIpc) is 2.89. The molecule has 2 rings (SSSR count). The summed E-state index contributed by atoms with van der Waals surface area (Å²) >= 11 is 0. The largest absolute Gasteiger partial charge is 0.388 e. The van der Waals surface area contributed by atoms with E-state index in [-0.39, 0.29) is 5.82 Å². The topological polar surface area (TPSA) is 23.5 Å². The van der Waals surface area contributed by atoms with Crippen molar-refractivity contribution in [2.45, 2.75) is 38.7 Å². The molecule has 0 bridgehead atoms. The molecule has 2 atom stereocenters. The first-order valence-electron chi connectivity index (χ1n) is 9.50. The van der Waals surface area contributed by atoms with E-state index < -0.39 is 6.10 Å². The van der Waals surface area contributed by atoms with Crippen molar-refractivity contribution in [1.82, 2.24) is 4.90 Å². The molecule has 2 nitrogen and oxygen atoms in total. The van der Waals surface area contributed by atoms with Crippen LogP contribution in [0.25, 0.3) is 0 Å². The fourth-order valence-electron chi connectivity index (χ4n) is 3.29. The summed E-state index contributed by atoms with van der Waals surface area (Å²) in [7, 11) is 2.12. The van der Waals surface area contributed by atoms with Gasteiger partial charge in [0.15, 0.2) is 0 Å². The number of hydrogen-bond acceptors (Lipinski definition) is 2. The van der Waals surface area contributed by atoms with E-state index in [1.54, 1.807) is 18.2 Å². The Hall–Kier alpha value is -1.93. The summed E-state index contributed by atoms with van der Waals surface area (Å²) in [5.41, 5.74) is 4.87. The molecule has 0 fully saturated rings. The number of likely N-dealkylation sites (N-methyl/N-ethyl adjacent to an activating group) is 1. The molecule has 140 valence electrons. The SMILES string of the molecule is CCC(CCCN(C)CC1=C=CC=CC=C1)CC(O)c1ccccc1F. The fourth-order valence-corrected chi connectivity index (χ4v) is 3.29.